The molecule has 0 radical (unpaired) electrons. The molecule has 0 aliphatic carbocycles. The third-order valence-electron chi connectivity index (χ3n) is 4.04. The second-order valence-electron chi connectivity index (χ2n) is 5.58. The van der Waals surface area contributed by atoms with Crippen molar-refractivity contribution < 1.29 is 8.42 Å². The van der Waals surface area contributed by atoms with Crippen LogP contribution in [0.3, 0.4) is 0 Å². The van der Waals surface area contributed by atoms with Gasteiger partial charge in [0.25, 0.3) is 0 Å². The average molecular weight is 323 g/mol. The highest BCUT2D eigenvalue weighted by atomic mass is 32.2. The molecule has 1 fully saturated rings. The molecule has 1 aromatic heterocycles. The molecule has 2 heterocycles. The average Bonchev–Trinajstić information content (AvgIpc) is 2.48. The summed E-state index contributed by atoms with van der Waals surface area (Å²) in [5, 5.41) is 0. The number of hydrogen-bond acceptors (Lipinski definition) is 4. The van der Waals surface area contributed by atoms with Crippen molar-refractivity contribution in [2.75, 3.05) is 6.54 Å². The van der Waals surface area contributed by atoms with Gasteiger partial charge in [-0.15, -0.1) is 0 Å². The van der Waals surface area contributed by atoms with Crippen molar-refractivity contribution in [2.24, 2.45) is 0 Å². The number of hydrogen-bond donors (Lipinski definition) is 2. The quantitative estimate of drug-likeness (QED) is 0.797. The van der Waals surface area contributed by atoms with Crippen molar-refractivity contribution in [3.05, 3.63) is 38.9 Å². The number of fused-ring (bicyclic) bond motifs is 1. The molecular weight excluding hydrogens is 306 g/mol. The van der Waals surface area contributed by atoms with Crippen molar-refractivity contribution in [3.63, 3.8) is 0 Å². The van der Waals surface area contributed by atoms with Gasteiger partial charge in [-0.2, -0.15) is 4.31 Å². The first-order valence-electron chi connectivity index (χ1n) is 7.18. The highest BCUT2D eigenvalue weighted by Gasteiger charge is 2.31. The van der Waals surface area contributed by atoms with Gasteiger partial charge in [0.05, 0.1) is 15.9 Å². The molecule has 0 saturated carbocycles. The second-order valence-corrected chi connectivity index (χ2v) is 7.47. The summed E-state index contributed by atoms with van der Waals surface area (Å²) < 4.78 is 27.0. The molecule has 0 bridgehead atoms. The number of sulfonamides is 1. The van der Waals surface area contributed by atoms with Crippen molar-refractivity contribution >= 4 is 21.1 Å². The summed E-state index contributed by atoms with van der Waals surface area (Å²) in [5.74, 6) is 0. The predicted octanol–water partition coefficient (Wildman–Crippen LogP) is 0.779. The van der Waals surface area contributed by atoms with E-state index in [4.69, 9.17) is 0 Å². The monoisotopic (exact) mass is 323 g/mol. The van der Waals surface area contributed by atoms with Gasteiger partial charge in [0.15, 0.2) is 0 Å². The molecule has 2 aromatic rings. The first kappa shape index (κ1) is 15.0. The van der Waals surface area contributed by atoms with Crippen LogP contribution in [0.5, 0.6) is 0 Å². The maximum Gasteiger partial charge on any atom is 0.314 e. The van der Waals surface area contributed by atoms with Crippen molar-refractivity contribution in [2.45, 2.75) is 37.1 Å². The number of H-pyrrole nitrogens is 2. The standard InChI is InChI=1S/C14H17N3O4S/c1-9-4-2-3-7-17(9)22(20,21)10-5-6-11-12(8-10)16-14(19)13(18)15-11/h5-6,8-9H,2-4,7H2,1H3,(H,15,18)(H,16,19). The van der Waals surface area contributed by atoms with Crippen LogP contribution in [0.25, 0.3) is 11.0 Å². The van der Waals surface area contributed by atoms with Crippen LogP contribution < -0.4 is 11.1 Å². The Morgan fingerprint density at radius 1 is 1.09 bits per heavy atom. The molecule has 22 heavy (non-hydrogen) atoms. The summed E-state index contributed by atoms with van der Waals surface area (Å²) in [4.78, 5) is 27.6. The Bertz CT molecular complexity index is 929. The van der Waals surface area contributed by atoms with E-state index in [-0.39, 0.29) is 10.9 Å². The van der Waals surface area contributed by atoms with E-state index in [2.05, 4.69) is 9.97 Å². The molecule has 2 N–H and O–H groups in total. The van der Waals surface area contributed by atoms with Gasteiger partial charge in [0.1, 0.15) is 0 Å². The van der Waals surface area contributed by atoms with Gasteiger partial charge >= 0.3 is 11.1 Å². The van der Waals surface area contributed by atoms with E-state index in [1.165, 1.54) is 22.5 Å². The van der Waals surface area contributed by atoms with Crippen LogP contribution in [-0.4, -0.2) is 35.3 Å². The van der Waals surface area contributed by atoms with Gasteiger partial charge in [-0.1, -0.05) is 6.42 Å². The summed E-state index contributed by atoms with van der Waals surface area (Å²) in [5.41, 5.74) is -0.855. The van der Waals surface area contributed by atoms with E-state index in [0.717, 1.165) is 19.3 Å². The molecule has 0 amide bonds. The van der Waals surface area contributed by atoms with Crippen LogP contribution in [-0.2, 0) is 10.0 Å². The lowest BCUT2D eigenvalue weighted by atomic mass is 10.1. The SMILES string of the molecule is CC1CCCCN1S(=O)(=O)c1ccc2[nH]c(=O)c(=O)[nH]c2c1. The number of nitrogens with one attached hydrogen (secondary N) is 2. The highest BCUT2D eigenvalue weighted by Crippen LogP contribution is 2.26. The molecule has 1 aromatic carbocycles. The van der Waals surface area contributed by atoms with Gasteiger partial charge in [0.2, 0.25) is 10.0 Å². The summed E-state index contributed by atoms with van der Waals surface area (Å²) in [6.45, 7) is 2.40. The van der Waals surface area contributed by atoms with E-state index in [1.807, 2.05) is 6.92 Å². The first-order chi connectivity index (χ1) is 10.4. The zero-order valence-electron chi connectivity index (χ0n) is 12.1. The Labute approximate surface area is 127 Å². The van der Waals surface area contributed by atoms with Crippen LogP contribution in [0.4, 0.5) is 0 Å². The molecule has 0 spiro atoms. The van der Waals surface area contributed by atoms with E-state index >= 15 is 0 Å². The number of piperidine rings is 1. The smallest absolute Gasteiger partial charge is 0.314 e. The van der Waals surface area contributed by atoms with Gasteiger partial charge < -0.3 is 9.97 Å². The lowest BCUT2D eigenvalue weighted by molar-refractivity contribution is 0.268. The summed E-state index contributed by atoms with van der Waals surface area (Å²) in [6, 6.07) is 4.30. The minimum atomic E-state index is -3.61. The third-order valence-corrected chi connectivity index (χ3v) is 6.05. The van der Waals surface area contributed by atoms with Crippen LogP contribution >= 0.6 is 0 Å². The number of aromatic nitrogens is 2. The highest BCUT2D eigenvalue weighted by molar-refractivity contribution is 7.89. The second kappa shape index (κ2) is 5.36. The molecule has 1 aliphatic rings. The van der Waals surface area contributed by atoms with E-state index in [9.17, 15) is 18.0 Å². The molecule has 1 saturated heterocycles. The molecular formula is C14H17N3O4S. The fraction of sp³-hybridized carbons (Fsp3) is 0.429. The van der Waals surface area contributed by atoms with Gasteiger partial charge in [-0.05, 0) is 38.0 Å². The van der Waals surface area contributed by atoms with E-state index < -0.39 is 21.1 Å². The number of aromatic amines is 2. The normalized spacial score (nSPS) is 20.3. The maximum atomic E-state index is 12.8. The number of nitrogens with zero attached hydrogens (tertiary/aromatic N) is 1. The van der Waals surface area contributed by atoms with E-state index in [1.54, 1.807) is 0 Å². The fourth-order valence-electron chi connectivity index (χ4n) is 2.82. The van der Waals surface area contributed by atoms with Crippen LogP contribution in [0.2, 0.25) is 0 Å². The molecule has 7 nitrogen and oxygen atoms in total. The Morgan fingerprint density at radius 2 is 1.77 bits per heavy atom. The first-order valence-corrected chi connectivity index (χ1v) is 8.62. The van der Waals surface area contributed by atoms with Crippen molar-refractivity contribution in [3.8, 4) is 0 Å². The van der Waals surface area contributed by atoms with Gasteiger partial charge in [-0.25, -0.2) is 8.42 Å². The molecule has 1 unspecified atom stereocenters. The molecule has 1 atom stereocenters. The molecule has 1 aliphatic heterocycles. The predicted molar refractivity (Wildman–Crippen MR) is 82.4 cm³/mol. The number of benzene rings is 1. The van der Waals surface area contributed by atoms with Gasteiger partial charge in [0, 0.05) is 12.6 Å². The minimum Gasteiger partial charge on any atom is -0.316 e. The molecule has 118 valence electrons. The van der Waals surface area contributed by atoms with E-state index in [0.29, 0.717) is 17.6 Å². The Morgan fingerprint density at radius 3 is 2.45 bits per heavy atom. The maximum absolute atomic E-state index is 12.8. The summed E-state index contributed by atoms with van der Waals surface area (Å²) >= 11 is 0. The third kappa shape index (κ3) is 2.48. The molecule has 8 heteroatoms. The lowest BCUT2D eigenvalue weighted by Gasteiger charge is -2.32. The van der Waals surface area contributed by atoms with Crippen molar-refractivity contribution in [1.82, 2.24) is 14.3 Å². The largest absolute Gasteiger partial charge is 0.316 e. The van der Waals surface area contributed by atoms with Crippen LogP contribution in [0, 0.1) is 0 Å². The minimum absolute atomic E-state index is 0.0379. The zero-order valence-corrected chi connectivity index (χ0v) is 12.9. The summed E-state index contributed by atoms with van der Waals surface area (Å²) in [7, 11) is -3.61. The fourth-order valence-corrected chi connectivity index (χ4v) is 4.54. The topological polar surface area (TPSA) is 103 Å². The van der Waals surface area contributed by atoms with Gasteiger partial charge in [-0.3, -0.25) is 9.59 Å². The Balaban J connectivity index is 2.11. The molecule has 3 rings (SSSR count). The Hall–Kier alpha value is -1.93. The lowest BCUT2D eigenvalue weighted by Crippen LogP contribution is -2.41. The number of rotatable bonds is 2. The summed E-state index contributed by atoms with van der Waals surface area (Å²) in [6.07, 6.45) is 2.72. The Kier molecular flexibility index (Phi) is 3.65. The zero-order chi connectivity index (χ0) is 15.9. The van der Waals surface area contributed by atoms with Crippen molar-refractivity contribution in [1.29, 1.82) is 0 Å². The van der Waals surface area contributed by atoms with Crippen LogP contribution in [0.1, 0.15) is 26.2 Å². The van der Waals surface area contributed by atoms with Crippen LogP contribution in [0.15, 0.2) is 32.7 Å².